The van der Waals surface area contributed by atoms with Crippen molar-refractivity contribution in [2.24, 2.45) is 0 Å². The first-order chi connectivity index (χ1) is 21.1. The van der Waals surface area contributed by atoms with E-state index in [1.54, 1.807) is 33.5 Å². The van der Waals surface area contributed by atoms with Crippen molar-refractivity contribution in [1.82, 2.24) is 0 Å². The van der Waals surface area contributed by atoms with Crippen LogP contribution in [0.3, 0.4) is 0 Å². The number of benzene rings is 1. The zero-order chi connectivity index (χ0) is 31.2. The lowest BCUT2D eigenvalue weighted by molar-refractivity contribution is -0.131. The first-order valence-corrected chi connectivity index (χ1v) is 14.3. The summed E-state index contributed by atoms with van der Waals surface area (Å²) < 4.78 is 71.0. The molecule has 1 aromatic rings. The van der Waals surface area contributed by atoms with Crippen molar-refractivity contribution in [2.45, 2.75) is 6.92 Å². The highest BCUT2D eigenvalue weighted by molar-refractivity contribution is 5.70. The molecule has 14 nitrogen and oxygen atoms in total. The van der Waals surface area contributed by atoms with Gasteiger partial charge in [-0.05, 0) is 0 Å². The maximum atomic E-state index is 11.7. The largest absolute Gasteiger partial charge is 0.487 e. The minimum atomic E-state index is -0.486. The molecular weight excluding hydrogens is 572 g/mol. The van der Waals surface area contributed by atoms with Gasteiger partial charge in [0.05, 0.1) is 99.1 Å². The average molecular weight is 623 g/mol. The molecule has 250 valence electrons. The van der Waals surface area contributed by atoms with Crippen LogP contribution < -0.4 is 18.9 Å². The SMILES string of the molecule is COCCOCCOCCOc1cc(OC(C)=O)cc(OCCOCCOCCOC)c1OCCOCCOCCOC. The molecule has 0 fully saturated rings. The van der Waals surface area contributed by atoms with Gasteiger partial charge in [0.25, 0.3) is 0 Å². The summed E-state index contributed by atoms with van der Waals surface area (Å²) >= 11 is 0. The third-order valence-corrected chi connectivity index (χ3v) is 5.11. The Labute approximate surface area is 254 Å². The van der Waals surface area contributed by atoms with Crippen LogP contribution in [0.5, 0.6) is 23.0 Å². The molecule has 0 bridgehead atoms. The number of hydrogen-bond acceptors (Lipinski definition) is 14. The van der Waals surface area contributed by atoms with Crippen LogP contribution in [-0.2, 0) is 47.4 Å². The molecule has 0 saturated heterocycles. The quantitative estimate of drug-likeness (QED) is 0.0676. The molecule has 0 saturated carbocycles. The minimum Gasteiger partial charge on any atom is -0.487 e. The Kier molecular flexibility index (Phi) is 25.7. The van der Waals surface area contributed by atoms with Crippen molar-refractivity contribution in [1.29, 1.82) is 0 Å². The fourth-order valence-corrected chi connectivity index (χ4v) is 3.15. The van der Waals surface area contributed by atoms with E-state index in [9.17, 15) is 4.79 Å². The molecule has 0 radical (unpaired) electrons. The van der Waals surface area contributed by atoms with Gasteiger partial charge < -0.3 is 61.6 Å². The van der Waals surface area contributed by atoms with Crippen molar-refractivity contribution < 1.29 is 66.4 Å². The number of methoxy groups -OCH3 is 3. The average Bonchev–Trinajstić information content (AvgIpc) is 2.99. The van der Waals surface area contributed by atoms with Gasteiger partial charge in [0.2, 0.25) is 5.75 Å². The van der Waals surface area contributed by atoms with Gasteiger partial charge in [0.1, 0.15) is 25.6 Å². The molecule has 0 atom stereocenters. The van der Waals surface area contributed by atoms with Crippen LogP contribution in [0.15, 0.2) is 12.1 Å². The molecule has 0 N–H and O–H groups in total. The van der Waals surface area contributed by atoms with Gasteiger partial charge in [-0.25, -0.2) is 0 Å². The monoisotopic (exact) mass is 622 g/mol. The lowest BCUT2D eigenvalue weighted by Crippen LogP contribution is -2.15. The lowest BCUT2D eigenvalue weighted by Gasteiger charge is -2.19. The second kappa shape index (κ2) is 28.5. The number of ether oxygens (including phenoxy) is 13. The van der Waals surface area contributed by atoms with E-state index >= 15 is 0 Å². The molecule has 0 amide bonds. The van der Waals surface area contributed by atoms with Gasteiger partial charge in [-0.2, -0.15) is 0 Å². The number of hydrogen-bond donors (Lipinski definition) is 0. The van der Waals surface area contributed by atoms with E-state index in [1.807, 2.05) is 0 Å². The van der Waals surface area contributed by atoms with Gasteiger partial charge in [0.15, 0.2) is 11.5 Å². The van der Waals surface area contributed by atoms with E-state index in [0.29, 0.717) is 116 Å². The normalized spacial score (nSPS) is 11.1. The Morgan fingerprint density at radius 1 is 0.465 bits per heavy atom. The highest BCUT2D eigenvalue weighted by Gasteiger charge is 2.18. The van der Waals surface area contributed by atoms with Crippen molar-refractivity contribution in [2.75, 3.05) is 140 Å². The molecule has 1 rings (SSSR count). The summed E-state index contributed by atoms with van der Waals surface area (Å²) in [4.78, 5) is 11.7. The Morgan fingerprint density at radius 2 is 0.767 bits per heavy atom. The molecule has 14 heteroatoms. The number of esters is 1. The van der Waals surface area contributed by atoms with Crippen LogP contribution in [0.2, 0.25) is 0 Å². The highest BCUT2D eigenvalue weighted by Crippen LogP contribution is 2.41. The molecule has 0 aliphatic rings. The van der Waals surface area contributed by atoms with Gasteiger partial charge in [-0.15, -0.1) is 0 Å². The van der Waals surface area contributed by atoms with Gasteiger partial charge in [-0.3, -0.25) is 4.79 Å². The van der Waals surface area contributed by atoms with Crippen molar-refractivity contribution in [3.63, 3.8) is 0 Å². The molecule has 0 aliphatic carbocycles. The molecule has 0 unspecified atom stereocenters. The van der Waals surface area contributed by atoms with Gasteiger partial charge >= 0.3 is 5.97 Å². The fraction of sp³-hybridized carbons (Fsp3) is 0.759. The summed E-state index contributed by atoms with van der Waals surface area (Å²) in [5.74, 6) is 0.740. The van der Waals surface area contributed by atoms with E-state index in [4.69, 9.17) is 61.6 Å². The standard InChI is InChI=1S/C29H50O14/c1-25(30)43-26-23-27(40-20-17-37-14-11-34-8-5-31-2)29(42-22-19-39-16-13-36-10-7-33-4)28(24-26)41-21-18-38-15-12-35-9-6-32-3/h23-24H,5-22H2,1-4H3. The third-order valence-electron chi connectivity index (χ3n) is 5.11. The Balaban J connectivity index is 2.74. The first kappa shape index (κ1) is 38.8. The fourth-order valence-electron chi connectivity index (χ4n) is 3.15. The highest BCUT2D eigenvalue weighted by atomic mass is 16.6. The Bertz CT molecular complexity index is 751. The number of carbonyl (C=O) groups excluding carboxylic acids is 1. The number of carbonyl (C=O) groups is 1. The molecule has 0 aliphatic heterocycles. The topological polar surface area (TPSA) is 137 Å². The predicted molar refractivity (Wildman–Crippen MR) is 155 cm³/mol. The summed E-state index contributed by atoms with van der Waals surface area (Å²) in [5, 5.41) is 0. The molecule has 0 aromatic heterocycles. The summed E-state index contributed by atoms with van der Waals surface area (Å²) in [5.41, 5.74) is 0. The van der Waals surface area contributed by atoms with Crippen molar-refractivity contribution in [3.8, 4) is 23.0 Å². The van der Waals surface area contributed by atoms with E-state index in [-0.39, 0.29) is 25.6 Å². The molecule has 0 spiro atoms. The van der Waals surface area contributed by atoms with E-state index < -0.39 is 5.97 Å². The summed E-state index contributed by atoms with van der Waals surface area (Å²) in [6.07, 6.45) is 0. The zero-order valence-electron chi connectivity index (χ0n) is 26.1. The maximum absolute atomic E-state index is 11.7. The van der Waals surface area contributed by atoms with Crippen LogP contribution in [-0.4, -0.2) is 146 Å². The van der Waals surface area contributed by atoms with E-state index in [0.717, 1.165) is 0 Å². The van der Waals surface area contributed by atoms with E-state index in [2.05, 4.69) is 0 Å². The number of rotatable bonds is 31. The summed E-state index contributed by atoms with van der Waals surface area (Å²) in [6.45, 7) is 8.46. The molecule has 0 heterocycles. The van der Waals surface area contributed by atoms with E-state index in [1.165, 1.54) is 6.92 Å². The third kappa shape index (κ3) is 22.0. The molecule has 1 aromatic carbocycles. The smallest absolute Gasteiger partial charge is 0.308 e. The van der Waals surface area contributed by atoms with Crippen molar-refractivity contribution >= 4 is 5.97 Å². The van der Waals surface area contributed by atoms with Crippen molar-refractivity contribution in [3.05, 3.63) is 12.1 Å². The minimum absolute atomic E-state index is 0.207. The second-order valence-corrected chi connectivity index (χ2v) is 8.54. The van der Waals surface area contributed by atoms with Crippen LogP contribution >= 0.6 is 0 Å². The first-order valence-electron chi connectivity index (χ1n) is 14.3. The van der Waals surface area contributed by atoms with Crippen LogP contribution in [0.25, 0.3) is 0 Å². The maximum Gasteiger partial charge on any atom is 0.308 e. The zero-order valence-corrected chi connectivity index (χ0v) is 26.1. The van der Waals surface area contributed by atoms with Gasteiger partial charge in [0, 0.05) is 40.4 Å². The van der Waals surface area contributed by atoms with Crippen LogP contribution in [0.1, 0.15) is 6.92 Å². The van der Waals surface area contributed by atoms with Gasteiger partial charge in [-0.1, -0.05) is 0 Å². The lowest BCUT2D eigenvalue weighted by atomic mass is 10.2. The predicted octanol–water partition coefficient (Wildman–Crippen LogP) is 1.79. The van der Waals surface area contributed by atoms with Crippen LogP contribution in [0.4, 0.5) is 0 Å². The van der Waals surface area contributed by atoms with Crippen LogP contribution in [0, 0.1) is 0 Å². The summed E-state index contributed by atoms with van der Waals surface area (Å²) in [7, 11) is 4.85. The Hall–Kier alpha value is -2.27. The summed E-state index contributed by atoms with van der Waals surface area (Å²) in [6, 6.07) is 3.13. The molecular formula is C29H50O14. The Morgan fingerprint density at radius 3 is 1.09 bits per heavy atom. The molecule has 43 heavy (non-hydrogen) atoms. The second-order valence-electron chi connectivity index (χ2n) is 8.54.